The van der Waals surface area contributed by atoms with E-state index in [4.69, 9.17) is 0 Å². The first kappa shape index (κ1) is 12.5. The molecule has 0 bridgehead atoms. The first-order valence-corrected chi connectivity index (χ1v) is 7.26. The number of amides is 1. The van der Waals surface area contributed by atoms with Gasteiger partial charge >= 0.3 is 0 Å². The Balaban J connectivity index is 1.85. The number of benzene rings is 1. The van der Waals surface area contributed by atoms with Crippen LogP contribution in [0, 0.1) is 6.92 Å². The van der Waals surface area contributed by atoms with E-state index in [0.717, 1.165) is 12.2 Å². The molecule has 2 nitrogen and oxygen atoms in total. The lowest BCUT2D eigenvalue weighted by Gasteiger charge is -2.20. The molecule has 1 fully saturated rings. The topological polar surface area (TPSA) is 29.1 Å². The third kappa shape index (κ3) is 3.50. The van der Waals surface area contributed by atoms with Gasteiger partial charge in [0.25, 0.3) is 0 Å². The highest BCUT2D eigenvalue weighted by Gasteiger charge is 2.21. The number of hydrogen-bond acceptors (Lipinski definition) is 2. The Morgan fingerprint density at radius 1 is 1.41 bits per heavy atom. The molecular formula is C14H19NOS. The smallest absolute Gasteiger partial charge is 0.233 e. The van der Waals surface area contributed by atoms with Crippen LogP contribution in [0.25, 0.3) is 0 Å². The molecule has 1 saturated heterocycles. The van der Waals surface area contributed by atoms with E-state index >= 15 is 0 Å². The zero-order chi connectivity index (χ0) is 12.1. The molecule has 1 amide bonds. The minimum absolute atomic E-state index is 0.174. The van der Waals surface area contributed by atoms with Gasteiger partial charge in [-0.15, -0.1) is 11.8 Å². The quantitative estimate of drug-likeness (QED) is 0.892. The molecule has 0 aromatic heterocycles. The second kappa shape index (κ2) is 6.10. The van der Waals surface area contributed by atoms with Crippen molar-refractivity contribution in [2.75, 3.05) is 5.75 Å². The summed E-state index contributed by atoms with van der Waals surface area (Å²) in [6.45, 7) is 2.74. The SMILES string of the molecule is Cc1ccccc1CNC(=O)C1CCCCS1. The van der Waals surface area contributed by atoms with Gasteiger partial charge in [-0.3, -0.25) is 4.79 Å². The van der Waals surface area contributed by atoms with Gasteiger partial charge in [-0.05, 0) is 36.6 Å². The van der Waals surface area contributed by atoms with Gasteiger partial charge in [0, 0.05) is 6.54 Å². The van der Waals surface area contributed by atoms with Crippen LogP contribution in [0.3, 0.4) is 0 Å². The maximum absolute atomic E-state index is 12.0. The van der Waals surface area contributed by atoms with Gasteiger partial charge in [0.1, 0.15) is 0 Å². The van der Waals surface area contributed by atoms with E-state index < -0.39 is 0 Å². The molecule has 1 unspecified atom stereocenters. The first-order valence-electron chi connectivity index (χ1n) is 6.21. The average molecular weight is 249 g/mol. The number of carbonyl (C=O) groups excluding carboxylic acids is 1. The fourth-order valence-corrected chi connectivity index (χ4v) is 3.28. The Hall–Kier alpha value is -0.960. The Morgan fingerprint density at radius 2 is 2.24 bits per heavy atom. The molecule has 1 atom stereocenters. The summed E-state index contributed by atoms with van der Waals surface area (Å²) >= 11 is 1.80. The lowest BCUT2D eigenvalue weighted by atomic mass is 10.1. The minimum Gasteiger partial charge on any atom is -0.351 e. The van der Waals surface area contributed by atoms with E-state index in [-0.39, 0.29) is 11.2 Å². The predicted molar refractivity (Wildman–Crippen MR) is 73.1 cm³/mol. The number of rotatable bonds is 3. The maximum atomic E-state index is 12.0. The van der Waals surface area contributed by atoms with E-state index in [0.29, 0.717) is 6.54 Å². The van der Waals surface area contributed by atoms with Gasteiger partial charge in [-0.2, -0.15) is 0 Å². The van der Waals surface area contributed by atoms with Crippen LogP contribution in [0.2, 0.25) is 0 Å². The van der Waals surface area contributed by atoms with E-state index in [1.807, 2.05) is 12.1 Å². The molecule has 1 heterocycles. The molecule has 1 aliphatic heterocycles. The Kier molecular flexibility index (Phi) is 4.49. The number of hydrogen-bond donors (Lipinski definition) is 1. The van der Waals surface area contributed by atoms with Gasteiger partial charge < -0.3 is 5.32 Å². The largest absolute Gasteiger partial charge is 0.351 e. The predicted octanol–water partition coefficient (Wildman–Crippen LogP) is 2.90. The molecule has 0 radical (unpaired) electrons. The summed E-state index contributed by atoms with van der Waals surface area (Å²) < 4.78 is 0. The second-order valence-corrected chi connectivity index (χ2v) is 5.81. The van der Waals surface area contributed by atoms with Gasteiger partial charge in [0.2, 0.25) is 5.91 Å². The average Bonchev–Trinajstić information content (AvgIpc) is 2.38. The van der Waals surface area contributed by atoms with Crippen molar-refractivity contribution >= 4 is 17.7 Å². The number of nitrogens with one attached hydrogen (secondary N) is 1. The highest BCUT2D eigenvalue weighted by molar-refractivity contribution is 8.00. The van der Waals surface area contributed by atoms with Crippen molar-refractivity contribution in [1.29, 1.82) is 0 Å². The van der Waals surface area contributed by atoms with Gasteiger partial charge in [-0.25, -0.2) is 0 Å². The lowest BCUT2D eigenvalue weighted by molar-refractivity contribution is -0.120. The van der Waals surface area contributed by atoms with Crippen LogP contribution in [0.1, 0.15) is 30.4 Å². The van der Waals surface area contributed by atoms with Crippen LogP contribution in [-0.2, 0) is 11.3 Å². The van der Waals surface area contributed by atoms with Crippen molar-refractivity contribution in [2.45, 2.75) is 38.0 Å². The molecule has 1 aromatic rings. The van der Waals surface area contributed by atoms with Crippen molar-refractivity contribution in [3.8, 4) is 0 Å². The standard InChI is InChI=1S/C14H19NOS/c1-11-6-2-3-7-12(11)10-15-14(16)13-8-4-5-9-17-13/h2-3,6-7,13H,4-5,8-10H2,1H3,(H,15,16). The highest BCUT2D eigenvalue weighted by Crippen LogP contribution is 2.25. The first-order chi connectivity index (χ1) is 8.27. The summed E-state index contributed by atoms with van der Waals surface area (Å²) in [6.07, 6.45) is 3.48. The molecule has 3 heteroatoms. The lowest BCUT2D eigenvalue weighted by Crippen LogP contribution is -2.33. The van der Waals surface area contributed by atoms with Crippen molar-refractivity contribution in [2.24, 2.45) is 0 Å². The van der Waals surface area contributed by atoms with Crippen LogP contribution < -0.4 is 5.32 Å². The summed E-state index contributed by atoms with van der Waals surface area (Å²) in [6, 6.07) is 8.20. The van der Waals surface area contributed by atoms with E-state index in [2.05, 4.69) is 24.4 Å². The van der Waals surface area contributed by atoms with E-state index in [9.17, 15) is 4.79 Å². The third-order valence-electron chi connectivity index (χ3n) is 3.19. The van der Waals surface area contributed by atoms with Gasteiger partial charge in [0.15, 0.2) is 0 Å². The highest BCUT2D eigenvalue weighted by atomic mass is 32.2. The minimum atomic E-state index is 0.174. The van der Waals surface area contributed by atoms with Gasteiger partial charge in [0.05, 0.1) is 5.25 Å². The molecule has 0 spiro atoms. The summed E-state index contributed by atoms with van der Waals surface area (Å²) in [5.74, 6) is 1.33. The van der Waals surface area contributed by atoms with Crippen molar-refractivity contribution < 1.29 is 4.79 Å². The van der Waals surface area contributed by atoms with Crippen molar-refractivity contribution in [1.82, 2.24) is 5.32 Å². The maximum Gasteiger partial charge on any atom is 0.233 e. The van der Waals surface area contributed by atoms with E-state index in [1.54, 1.807) is 11.8 Å². The molecule has 17 heavy (non-hydrogen) atoms. The fraction of sp³-hybridized carbons (Fsp3) is 0.500. The molecule has 92 valence electrons. The second-order valence-electron chi connectivity index (χ2n) is 4.50. The third-order valence-corrected chi connectivity index (χ3v) is 4.56. The molecular weight excluding hydrogens is 230 g/mol. The van der Waals surface area contributed by atoms with Crippen LogP contribution in [0.15, 0.2) is 24.3 Å². The molecule has 0 aliphatic carbocycles. The van der Waals surface area contributed by atoms with Crippen molar-refractivity contribution in [3.05, 3.63) is 35.4 Å². The summed E-state index contributed by atoms with van der Waals surface area (Å²) in [7, 11) is 0. The summed E-state index contributed by atoms with van der Waals surface area (Å²) in [4.78, 5) is 12.0. The van der Waals surface area contributed by atoms with Crippen LogP contribution in [0.4, 0.5) is 0 Å². The Morgan fingerprint density at radius 3 is 2.94 bits per heavy atom. The molecule has 0 saturated carbocycles. The Labute approximate surface area is 107 Å². The monoisotopic (exact) mass is 249 g/mol. The van der Waals surface area contributed by atoms with E-state index in [1.165, 1.54) is 24.0 Å². The molecule has 1 aromatic carbocycles. The molecule has 1 aliphatic rings. The normalized spacial score (nSPS) is 19.9. The number of carbonyl (C=O) groups is 1. The summed E-state index contributed by atoms with van der Waals surface area (Å²) in [5.41, 5.74) is 2.45. The summed E-state index contributed by atoms with van der Waals surface area (Å²) in [5, 5.41) is 3.22. The van der Waals surface area contributed by atoms with Crippen LogP contribution in [-0.4, -0.2) is 16.9 Å². The van der Waals surface area contributed by atoms with Gasteiger partial charge in [-0.1, -0.05) is 30.7 Å². The fourth-order valence-electron chi connectivity index (χ4n) is 2.05. The van der Waals surface area contributed by atoms with Crippen molar-refractivity contribution in [3.63, 3.8) is 0 Å². The zero-order valence-corrected chi connectivity index (χ0v) is 11.1. The number of thioether (sulfide) groups is 1. The van der Waals surface area contributed by atoms with Crippen LogP contribution in [0.5, 0.6) is 0 Å². The zero-order valence-electron chi connectivity index (χ0n) is 10.2. The Bertz CT molecular complexity index is 386. The van der Waals surface area contributed by atoms with Crippen LogP contribution >= 0.6 is 11.8 Å². The number of aryl methyl sites for hydroxylation is 1. The molecule has 1 N–H and O–H groups in total. The molecule has 2 rings (SSSR count).